The van der Waals surface area contributed by atoms with Gasteiger partial charge in [-0.3, -0.25) is 4.79 Å². The van der Waals surface area contributed by atoms with Crippen molar-refractivity contribution in [3.05, 3.63) is 52.2 Å². The molecule has 0 fully saturated rings. The molecule has 3 nitrogen and oxygen atoms in total. The molecule has 2 rings (SSSR count). The molecule has 0 aliphatic heterocycles. The number of nitrogens with one attached hydrogen (secondary N) is 1. The molecule has 1 heterocycles. The fourth-order valence-corrected chi connectivity index (χ4v) is 2.02. The number of anilines is 1. The van der Waals surface area contributed by atoms with Gasteiger partial charge in [0.1, 0.15) is 0 Å². The minimum atomic E-state index is -0.0441. The Labute approximate surface area is 97.9 Å². The summed E-state index contributed by atoms with van der Waals surface area (Å²) in [6, 6.07) is 11.2. The summed E-state index contributed by atoms with van der Waals surface area (Å²) in [5.74, 6) is -0.0441. The second-order valence-electron chi connectivity index (χ2n) is 3.41. The van der Waals surface area contributed by atoms with Gasteiger partial charge in [-0.1, -0.05) is 18.2 Å². The zero-order chi connectivity index (χ0) is 11.4. The molecule has 0 saturated carbocycles. The molecule has 82 valence electrons. The highest BCUT2D eigenvalue weighted by atomic mass is 32.1. The van der Waals surface area contributed by atoms with Crippen LogP contribution in [0.2, 0.25) is 0 Å². The topological polar surface area (TPSA) is 55.1 Å². The van der Waals surface area contributed by atoms with Gasteiger partial charge in [-0.2, -0.15) is 0 Å². The maximum atomic E-state index is 11.6. The highest BCUT2D eigenvalue weighted by molar-refractivity contribution is 7.12. The molecule has 4 heteroatoms. The maximum Gasteiger partial charge on any atom is 0.261 e. The minimum Gasteiger partial charge on any atom is -0.399 e. The number of carbonyl (C=O) groups excluding carboxylic acids is 1. The minimum absolute atomic E-state index is 0.0441. The molecule has 0 atom stereocenters. The van der Waals surface area contributed by atoms with Gasteiger partial charge in [0.2, 0.25) is 0 Å². The summed E-state index contributed by atoms with van der Waals surface area (Å²) in [6.07, 6.45) is 0. The molecule has 16 heavy (non-hydrogen) atoms. The van der Waals surface area contributed by atoms with Crippen LogP contribution in [-0.2, 0) is 6.54 Å². The van der Waals surface area contributed by atoms with Crippen molar-refractivity contribution in [2.75, 3.05) is 5.73 Å². The normalized spacial score (nSPS) is 10.0. The zero-order valence-electron chi connectivity index (χ0n) is 8.64. The summed E-state index contributed by atoms with van der Waals surface area (Å²) in [4.78, 5) is 12.4. The van der Waals surface area contributed by atoms with Crippen molar-refractivity contribution in [1.29, 1.82) is 0 Å². The zero-order valence-corrected chi connectivity index (χ0v) is 9.46. The Morgan fingerprint density at radius 1 is 1.31 bits per heavy atom. The number of rotatable bonds is 3. The van der Waals surface area contributed by atoms with E-state index in [9.17, 15) is 4.79 Å². The van der Waals surface area contributed by atoms with E-state index in [4.69, 9.17) is 5.73 Å². The summed E-state index contributed by atoms with van der Waals surface area (Å²) in [5.41, 5.74) is 7.36. The third-order valence-electron chi connectivity index (χ3n) is 2.15. The van der Waals surface area contributed by atoms with Crippen LogP contribution in [0.1, 0.15) is 15.2 Å². The number of hydrogen-bond acceptors (Lipinski definition) is 3. The summed E-state index contributed by atoms with van der Waals surface area (Å²) in [7, 11) is 0. The van der Waals surface area contributed by atoms with Crippen LogP contribution < -0.4 is 11.1 Å². The van der Waals surface area contributed by atoms with E-state index in [-0.39, 0.29) is 5.91 Å². The Hall–Kier alpha value is -1.81. The van der Waals surface area contributed by atoms with E-state index in [1.54, 1.807) is 6.07 Å². The van der Waals surface area contributed by atoms with Crippen molar-refractivity contribution >= 4 is 22.9 Å². The maximum absolute atomic E-state index is 11.6. The average molecular weight is 232 g/mol. The lowest BCUT2D eigenvalue weighted by Gasteiger charge is -2.04. The third-order valence-corrected chi connectivity index (χ3v) is 3.02. The smallest absolute Gasteiger partial charge is 0.261 e. The Morgan fingerprint density at radius 3 is 2.88 bits per heavy atom. The summed E-state index contributed by atoms with van der Waals surface area (Å²) < 4.78 is 0. The lowest BCUT2D eigenvalue weighted by Crippen LogP contribution is -2.21. The number of nitrogen functional groups attached to an aromatic ring is 1. The lowest BCUT2D eigenvalue weighted by atomic mass is 10.2. The Kier molecular flexibility index (Phi) is 3.22. The number of benzene rings is 1. The van der Waals surface area contributed by atoms with Gasteiger partial charge in [0, 0.05) is 12.2 Å². The number of hydrogen-bond donors (Lipinski definition) is 2. The molecule has 0 saturated heterocycles. The standard InChI is InChI=1S/C12H12N2OS/c13-10-4-1-3-9(7-10)8-14-12(15)11-5-2-6-16-11/h1-7H,8,13H2,(H,14,15). The Morgan fingerprint density at radius 2 is 2.19 bits per heavy atom. The van der Waals surface area contributed by atoms with Crippen molar-refractivity contribution in [3.8, 4) is 0 Å². The quantitative estimate of drug-likeness (QED) is 0.797. The van der Waals surface area contributed by atoms with Gasteiger partial charge in [-0.05, 0) is 29.1 Å². The molecular weight excluding hydrogens is 220 g/mol. The molecule has 3 N–H and O–H groups in total. The van der Waals surface area contributed by atoms with Crippen molar-refractivity contribution < 1.29 is 4.79 Å². The van der Waals surface area contributed by atoms with Gasteiger partial charge >= 0.3 is 0 Å². The molecule has 0 bridgehead atoms. The van der Waals surface area contributed by atoms with Crippen LogP contribution in [0.3, 0.4) is 0 Å². The van der Waals surface area contributed by atoms with E-state index in [1.165, 1.54) is 11.3 Å². The molecule has 1 aromatic heterocycles. The van der Waals surface area contributed by atoms with Crippen LogP contribution in [0, 0.1) is 0 Å². The summed E-state index contributed by atoms with van der Waals surface area (Å²) in [5, 5.41) is 4.73. The first-order chi connectivity index (χ1) is 7.75. The van der Waals surface area contributed by atoms with Crippen LogP contribution >= 0.6 is 11.3 Å². The molecule has 0 aliphatic carbocycles. The van der Waals surface area contributed by atoms with Crippen LogP contribution in [0.5, 0.6) is 0 Å². The SMILES string of the molecule is Nc1cccc(CNC(=O)c2cccs2)c1. The first kappa shape index (κ1) is 10.7. The molecule has 0 aliphatic rings. The van der Waals surface area contributed by atoms with Crippen LogP contribution in [0.25, 0.3) is 0 Å². The first-order valence-corrected chi connectivity index (χ1v) is 5.80. The molecule has 0 radical (unpaired) electrons. The molecule has 0 unspecified atom stereocenters. The average Bonchev–Trinajstić information content (AvgIpc) is 2.79. The van der Waals surface area contributed by atoms with Crippen molar-refractivity contribution in [3.63, 3.8) is 0 Å². The summed E-state index contributed by atoms with van der Waals surface area (Å²) in [6.45, 7) is 0.502. The van der Waals surface area contributed by atoms with Gasteiger partial charge in [0.15, 0.2) is 0 Å². The van der Waals surface area contributed by atoms with E-state index in [0.29, 0.717) is 12.2 Å². The third kappa shape index (κ3) is 2.61. The van der Waals surface area contributed by atoms with Crippen molar-refractivity contribution in [2.24, 2.45) is 0 Å². The fourth-order valence-electron chi connectivity index (χ4n) is 1.38. The van der Waals surface area contributed by atoms with E-state index in [1.807, 2.05) is 35.7 Å². The molecule has 1 aromatic carbocycles. The second kappa shape index (κ2) is 4.81. The van der Waals surface area contributed by atoms with E-state index in [2.05, 4.69) is 5.32 Å². The fraction of sp³-hybridized carbons (Fsp3) is 0.0833. The lowest BCUT2D eigenvalue weighted by molar-refractivity contribution is 0.0955. The largest absolute Gasteiger partial charge is 0.399 e. The Bertz CT molecular complexity index is 480. The van der Waals surface area contributed by atoms with Gasteiger partial charge in [0.25, 0.3) is 5.91 Å². The van der Waals surface area contributed by atoms with Gasteiger partial charge < -0.3 is 11.1 Å². The van der Waals surface area contributed by atoms with E-state index >= 15 is 0 Å². The molecular formula is C12H12N2OS. The van der Waals surface area contributed by atoms with Gasteiger partial charge in [-0.25, -0.2) is 0 Å². The van der Waals surface area contributed by atoms with Crippen LogP contribution in [-0.4, -0.2) is 5.91 Å². The van der Waals surface area contributed by atoms with Crippen LogP contribution in [0.4, 0.5) is 5.69 Å². The summed E-state index contributed by atoms with van der Waals surface area (Å²) >= 11 is 1.43. The predicted octanol–water partition coefficient (Wildman–Crippen LogP) is 2.26. The molecule has 0 spiro atoms. The highest BCUT2D eigenvalue weighted by Crippen LogP contribution is 2.09. The van der Waals surface area contributed by atoms with Crippen molar-refractivity contribution in [2.45, 2.75) is 6.54 Å². The number of nitrogens with two attached hydrogens (primary N) is 1. The van der Waals surface area contributed by atoms with E-state index < -0.39 is 0 Å². The Balaban J connectivity index is 1.95. The number of thiophene rings is 1. The number of amides is 1. The molecule has 1 amide bonds. The second-order valence-corrected chi connectivity index (χ2v) is 4.35. The monoisotopic (exact) mass is 232 g/mol. The van der Waals surface area contributed by atoms with Crippen LogP contribution in [0.15, 0.2) is 41.8 Å². The number of carbonyl (C=O) groups is 1. The first-order valence-electron chi connectivity index (χ1n) is 4.92. The molecule has 2 aromatic rings. The van der Waals surface area contributed by atoms with Crippen molar-refractivity contribution in [1.82, 2.24) is 5.32 Å². The predicted molar refractivity (Wildman–Crippen MR) is 66.3 cm³/mol. The highest BCUT2D eigenvalue weighted by Gasteiger charge is 2.05. The van der Waals surface area contributed by atoms with E-state index in [0.717, 1.165) is 10.4 Å². The van der Waals surface area contributed by atoms with Gasteiger partial charge in [0.05, 0.1) is 4.88 Å². The van der Waals surface area contributed by atoms with Gasteiger partial charge in [-0.15, -0.1) is 11.3 Å².